The second-order valence-electron chi connectivity index (χ2n) is 3.48. The van der Waals surface area contributed by atoms with Gasteiger partial charge in [0.25, 0.3) is 0 Å². The molecular formula is C10H20O. The van der Waals surface area contributed by atoms with Gasteiger partial charge in [-0.1, -0.05) is 27.7 Å². The van der Waals surface area contributed by atoms with Gasteiger partial charge in [-0.3, -0.25) is 4.79 Å². The van der Waals surface area contributed by atoms with Gasteiger partial charge < -0.3 is 0 Å². The molecule has 0 aromatic carbocycles. The molecule has 0 saturated heterocycles. The lowest BCUT2D eigenvalue weighted by Gasteiger charge is -2.16. The maximum atomic E-state index is 11.4. The van der Waals surface area contributed by atoms with E-state index in [0.29, 0.717) is 17.6 Å². The van der Waals surface area contributed by atoms with Gasteiger partial charge in [0.2, 0.25) is 0 Å². The van der Waals surface area contributed by atoms with Gasteiger partial charge >= 0.3 is 0 Å². The maximum absolute atomic E-state index is 11.4. The van der Waals surface area contributed by atoms with E-state index in [0.717, 1.165) is 19.3 Å². The van der Waals surface area contributed by atoms with Crippen LogP contribution in [0.25, 0.3) is 0 Å². The summed E-state index contributed by atoms with van der Waals surface area (Å²) in [6.45, 7) is 8.41. The fraction of sp³-hybridized carbons (Fsp3) is 0.900. The summed E-state index contributed by atoms with van der Waals surface area (Å²) in [5.41, 5.74) is 0. The lowest BCUT2D eigenvalue weighted by molar-refractivity contribution is -0.124. The molecule has 0 aliphatic carbocycles. The molecule has 0 aliphatic heterocycles. The first-order valence-corrected chi connectivity index (χ1v) is 4.66. The highest BCUT2D eigenvalue weighted by Crippen LogP contribution is 2.17. The molecule has 1 nitrogen and oxygen atoms in total. The van der Waals surface area contributed by atoms with Crippen molar-refractivity contribution in [2.24, 2.45) is 11.8 Å². The van der Waals surface area contributed by atoms with Crippen LogP contribution in [0.4, 0.5) is 0 Å². The molecule has 0 rings (SSSR count). The van der Waals surface area contributed by atoms with Crippen LogP contribution in [0.5, 0.6) is 0 Å². The molecule has 66 valence electrons. The zero-order chi connectivity index (χ0) is 8.85. The van der Waals surface area contributed by atoms with E-state index >= 15 is 0 Å². The van der Waals surface area contributed by atoms with E-state index in [1.807, 2.05) is 0 Å². The summed E-state index contributed by atoms with van der Waals surface area (Å²) in [4.78, 5) is 11.4. The Hall–Kier alpha value is -0.330. The van der Waals surface area contributed by atoms with Crippen molar-refractivity contribution in [2.45, 2.75) is 47.0 Å². The van der Waals surface area contributed by atoms with Crippen LogP contribution >= 0.6 is 0 Å². The minimum absolute atomic E-state index is 0.301. The zero-order valence-corrected chi connectivity index (χ0v) is 8.18. The Kier molecular flexibility index (Phi) is 5.18. The summed E-state index contributed by atoms with van der Waals surface area (Å²) in [7, 11) is 0. The first kappa shape index (κ1) is 10.7. The molecular weight excluding hydrogens is 136 g/mol. The highest BCUT2D eigenvalue weighted by molar-refractivity contribution is 5.81. The highest BCUT2D eigenvalue weighted by atomic mass is 16.1. The molecule has 0 fully saturated rings. The second-order valence-corrected chi connectivity index (χ2v) is 3.48. The van der Waals surface area contributed by atoms with Crippen molar-refractivity contribution in [3.8, 4) is 0 Å². The summed E-state index contributed by atoms with van der Waals surface area (Å²) >= 11 is 0. The first-order valence-electron chi connectivity index (χ1n) is 4.66. The molecule has 0 radical (unpaired) electrons. The van der Waals surface area contributed by atoms with E-state index in [9.17, 15) is 4.79 Å². The number of hydrogen-bond acceptors (Lipinski definition) is 1. The average Bonchev–Trinajstić information content (AvgIpc) is 1.88. The van der Waals surface area contributed by atoms with Crippen molar-refractivity contribution in [1.82, 2.24) is 0 Å². The fourth-order valence-electron chi connectivity index (χ4n) is 1.50. The molecule has 0 aromatic rings. The summed E-state index contributed by atoms with van der Waals surface area (Å²) in [6, 6.07) is 0. The minimum atomic E-state index is 0.301. The fourth-order valence-corrected chi connectivity index (χ4v) is 1.50. The van der Waals surface area contributed by atoms with Crippen molar-refractivity contribution >= 4 is 5.78 Å². The molecule has 0 unspecified atom stereocenters. The molecule has 0 saturated carbocycles. The summed E-state index contributed by atoms with van der Waals surface area (Å²) in [5.74, 6) is 1.26. The van der Waals surface area contributed by atoms with Gasteiger partial charge in [0.05, 0.1) is 0 Å². The monoisotopic (exact) mass is 156 g/mol. The summed E-state index contributed by atoms with van der Waals surface area (Å²) < 4.78 is 0. The van der Waals surface area contributed by atoms with Gasteiger partial charge in [-0.25, -0.2) is 0 Å². The van der Waals surface area contributed by atoms with Crippen LogP contribution in [0.3, 0.4) is 0 Å². The zero-order valence-electron chi connectivity index (χ0n) is 8.18. The Morgan fingerprint density at radius 2 is 1.82 bits per heavy atom. The Morgan fingerprint density at radius 1 is 1.27 bits per heavy atom. The van der Waals surface area contributed by atoms with Gasteiger partial charge in [-0.2, -0.15) is 0 Å². The van der Waals surface area contributed by atoms with Crippen LogP contribution in [0, 0.1) is 11.8 Å². The number of carbonyl (C=O) groups excluding carboxylic acids is 1. The van der Waals surface area contributed by atoms with Crippen molar-refractivity contribution in [1.29, 1.82) is 0 Å². The topological polar surface area (TPSA) is 17.1 Å². The van der Waals surface area contributed by atoms with Crippen LogP contribution in [0.1, 0.15) is 47.0 Å². The van der Waals surface area contributed by atoms with Gasteiger partial charge in [0, 0.05) is 12.3 Å². The first-order chi connectivity index (χ1) is 5.13. The molecule has 1 atom stereocenters. The lowest BCUT2D eigenvalue weighted by atomic mass is 9.87. The molecule has 0 spiro atoms. The van der Waals surface area contributed by atoms with Gasteiger partial charge in [-0.05, 0) is 18.8 Å². The van der Waals surface area contributed by atoms with Crippen LogP contribution in [0.2, 0.25) is 0 Å². The van der Waals surface area contributed by atoms with Crippen LogP contribution in [0.15, 0.2) is 0 Å². The molecule has 0 heterocycles. The van der Waals surface area contributed by atoms with E-state index in [2.05, 4.69) is 27.7 Å². The summed E-state index contributed by atoms with van der Waals surface area (Å²) in [5, 5.41) is 0. The Labute approximate surface area is 70.2 Å². The third kappa shape index (κ3) is 3.54. The molecule has 0 aromatic heterocycles. The van der Waals surface area contributed by atoms with E-state index in [1.165, 1.54) is 0 Å². The summed E-state index contributed by atoms with van der Waals surface area (Å²) in [6.07, 6.45) is 2.75. The van der Waals surface area contributed by atoms with Crippen molar-refractivity contribution in [3.63, 3.8) is 0 Å². The largest absolute Gasteiger partial charge is 0.299 e. The smallest absolute Gasteiger partial charge is 0.136 e. The second kappa shape index (κ2) is 5.34. The molecule has 0 N–H and O–H groups in total. The lowest BCUT2D eigenvalue weighted by Crippen LogP contribution is -2.18. The molecule has 0 bridgehead atoms. The predicted molar refractivity (Wildman–Crippen MR) is 48.5 cm³/mol. The number of rotatable bonds is 5. The van der Waals surface area contributed by atoms with Crippen LogP contribution < -0.4 is 0 Å². The molecule has 0 aliphatic rings. The van der Waals surface area contributed by atoms with Crippen molar-refractivity contribution in [3.05, 3.63) is 0 Å². The van der Waals surface area contributed by atoms with E-state index in [4.69, 9.17) is 0 Å². The van der Waals surface area contributed by atoms with E-state index < -0.39 is 0 Å². The van der Waals surface area contributed by atoms with E-state index in [1.54, 1.807) is 0 Å². The third-order valence-corrected chi connectivity index (χ3v) is 2.15. The third-order valence-electron chi connectivity index (χ3n) is 2.15. The number of ketones is 1. The Balaban J connectivity index is 3.92. The van der Waals surface area contributed by atoms with Crippen LogP contribution in [-0.4, -0.2) is 5.78 Å². The predicted octanol–water partition coefficient (Wildman–Crippen LogP) is 3.04. The van der Waals surface area contributed by atoms with Gasteiger partial charge in [0.15, 0.2) is 0 Å². The standard InChI is InChI=1S/C10H20O/c1-5-7-10(11)9(6-2)8(3)4/h8-9H,5-7H2,1-4H3/t9-/m1/s1. The highest BCUT2D eigenvalue weighted by Gasteiger charge is 2.18. The van der Waals surface area contributed by atoms with E-state index in [-0.39, 0.29) is 0 Å². The maximum Gasteiger partial charge on any atom is 0.136 e. The number of hydrogen-bond donors (Lipinski definition) is 0. The quantitative estimate of drug-likeness (QED) is 0.598. The minimum Gasteiger partial charge on any atom is -0.299 e. The SMILES string of the molecule is CCCC(=O)[C@H](CC)C(C)C. The molecule has 0 amide bonds. The van der Waals surface area contributed by atoms with Gasteiger partial charge in [-0.15, -0.1) is 0 Å². The van der Waals surface area contributed by atoms with Crippen molar-refractivity contribution < 1.29 is 4.79 Å². The Morgan fingerprint density at radius 3 is 2.09 bits per heavy atom. The van der Waals surface area contributed by atoms with Crippen LogP contribution in [-0.2, 0) is 4.79 Å². The molecule has 11 heavy (non-hydrogen) atoms. The number of carbonyl (C=O) groups is 1. The normalized spacial score (nSPS) is 13.5. The molecule has 1 heteroatoms. The number of Topliss-reactive ketones (excluding diaryl/α,β-unsaturated/α-hetero) is 1. The average molecular weight is 156 g/mol. The Bertz CT molecular complexity index is 116. The van der Waals surface area contributed by atoms with Crippen molar-refractivity contribution in [2.75, 3.05) is 0 Å². The van der Waals surface area contributed by atoms with Gasteiger partial charge in [0.1, 0.15) is 5.78 Å².